The van der Waals surface area contributed by atoms with Gasteiger partial charge >= 0.3 is 0 Å². The molecule has 0 spiro atoms. The number of hydrogen-bond acceptors (Lipinski definition) is 0. The molecule has 0 bridgehead atoms. The van der Waals surface area contributed by atoms with Gasteiger partial charge in [0.2, 0.25) is 0 Å². The summed E-state index contributed by atoms with van der Waals surface area (Å²) < 4.78 is 0. The second kappa shape index (κ2) is 5.54. The molecule has 0 aliphatic heterocycles. The van der Waals surface area contributed by atoms with Crippen molar-refractivity contribution >= 4 is 0 Å². The zero-order chi connectivity index (χ0) is 4.95. The summed E-state index contributed by atoms with van der Waals surface area (Å²) in [7, 11) is 0. The van der Waals surface area contributed by atoms with Gasteiger partial charge in [-0.2, -0.15) is 0 Å². The van der Waals surface area contributed by atoms with Crippen LogP contribution in [0, 0.1) is 0 Å². The van der Waals surface area contributed by atoms with Crippen LogP contribution in [0.2, 0.25) is 0 Å². The van der Waals surface area contributed by atoms with Crippen molar-refractivity contribution in [1.29, 1.82) is 0 Å². The SMILES string of the molecule is C1=CCCCCC1.[Pd]. The van der Waals surface area contributed by atoms with Crippen LogP contribution >= 0.6 is 0 Å². The number of hydrogen-bond donors (Lipinski definition) is 0. The first-order chi connectivity index (χ1) is 3.50. The van der Waals surface area contributed by atoms with Crippen molar-refractivity contribution in [3.05, 3.63) is 12.2 Å². The van der Waals surface area contributed by atoms with E-state index in [4.69, 9.17) is 0 Å². The zero-order valence-corrected chi connectivity index (χ0v) is 6.56. The molecular weight excluding hydrogens is 190 g/mol. The standard InChI is InChI=1S/C7H12.Pd/c1-2-4-6-7-5-3-1;/h1-2H,3-7H2;. The predicted octanol–water partition coefficient (Wildman–Crippen LogP) is 2.50. The second-order valence-corrected chi connectivity index (χ2v) is 2.11. The molecule has 0 fully saturated rings. The molecule has 0 saturated carbocycles. The third kappa shape index (κ3) is 3.41. The van der Waals surface area contributed by atoms with Crippen molar-refractivity contribution in [1.82, 2.24) is 0 Å². The fourth-order valence-corrected chi connectivity index (χ4v) is 0.937. The summed E-state index contributed by atoms with van der Waals surface area (Å²) in [5.41, 5.74) is 0. The maximum Gasteiger partial charge on any atom is 0 e. The summed E-state index contributed by atoms with van der Waals surface area (Å²) in [6, 6.07) is 0. The molecule has 0 N–H and O–H groups in total. The molecule has 0 heterocycles. The van der Waals surface area contributed by atoms with Gasteiger partial charge in [0, 0.05) is 20.4 Å². The Labute approximate surface area is 65.0 Å². The van der Waals surface area contributed by atoms with Crippen LogP contribution in [0.1, 0.15) is 32.1 Å². The molecule has 0 amide bonds. The summed E-state index contributed by atoms with van der Waals surface area (Å²) in [6.45, 7) is 0. The van der Waals surface area contributed by atoms with Gasteiger partial charge in [-0.25, -0.2) is 0 Å². The topological polar surface area (TPSA) is 0 Å². The quantitative estimate of drug-likeness (QED) is 0.418. The molecular formula is C7H12Pd. The third-order valence-corrected chi connectivity index (χ3v) is 1.41. The van der Waals surface area contributed by atoms with Crippen molar-refractivity contribution in [3.63, 3.8) is 0 Å². The van der Waals surface area contributed by atoms with E-state index < -0.39 is 0 Å². The van der Waals surface area contributed by atoms with Gasteiger partial charge in [0.05, 0.1) is 0 Å². The van der Waals surface area contributed by atoms with Gasteiger partial charge in [-0.05, 0) is 25.7 Å². The summed E-state index contributed by atoms with van der Waals surface area (Å²) >= 11 is 0. The van der Waals surface area contributed by atoms with Crippen molar-refractivity contribution in [2.75, 3.05) is 0 Å². The molecule has 0 atom stereocenters. The summed E-state index contributed by atoms with van der Waals surface area (Å²) in [5, 5.41) is 0. The smallest absolute Gasteiger partial charge is 0 e. The Morgan fingerprint density at radius 1 is 0.750 bits per heavy atom. The van der Waals surface area contributed by atoms with Crippen LogP contribution in [0.5, 0.6) is 0 Å². The van der Waals surface area contributed by atoms with Gasteiger partial charge in [-0.1, -0.05) is 18.6 Å². The predicted molar refractivity (Wildman–Crippen MR) is 32.2 cm³/mol. The Morgan fingerprint density at radius 2 is 1.25 bits per heavy atom. The second-order valence-electron chi connectivity index (χ2n) is 2.11. The van der Waals surface area contributed by atoms with Crippen molar-refractivity contribution in [2.45, 2.75) is 32.1 Å². The van der Waals surface area contributed by atoms with Gasteiger partial charge in [0.1, 0.15) is 0 Å². The molecule has 8 heavy (non-hydrogen) atoms. The zero-order valence-electron chi connectivity index (χ0n) is 5.01. The molecule has 0 unspecified atom stereocenters. The Morgan fingerprint density at radius 3 is 1.75 bits per heavy atom. The van der Waals surface area contributed by atoms with Gasteiger partial charge < -0.3 is 0 Å². The van der Waals surface area contributed by atoms with Crippen LogP contribution in [0.3, 0.4) is 0 Å². The van der Waals surface area contributed by atoms with E-state index in [1.165, 1.54) is 32.1 Å². The number of rotatable bonds is 0. The first kappa shape index (κ1) is 8.40. The fourth-order valence-electron chi connectivity index (χ4n) is 0.937. The largest absolute Gasteiger partial charge is 0.0885 e. The van der Waals surface area contributed by atoms with E-state index >= 15 is 0 Å². The van der Waals surface area contributed by atoms with Crippen LogP contribution in [0.25, 0.3) is 0 Å². The van der Waals surface area contributed by atoms with Crippen molar-refractivity contribution in [2.24, 2.45) is 0 Å². The summed E-state index contributed by atoms with van der Waals surface area (Å²) in [4.78, 5) is 0. The Kier molecular flexibility index (Phi) is 5.82. The van der Waals surface area contributed by atoms with Crippen molar-refractivity contribution in [3.8, 4) is 0 Å². The van der Waals surface area contributed by atoms with Gasteiger partial charge in [-0.3, -0.25) is 0 Å². The molecule has 1 aliphatic carbocycles. The molecule has 50 valence electrons. The maximum atomic E-state index is 2.30. The molecule has 0 aromatic carbocycles. The van der Waals surface area contributed by atoms with E-state index in [-0.39, 0.29) is 20.4 Å². The minimum absolute atomic E-state index is 0. The average molecular weight is 203 g/mol. The molecule has 1 aliphatic rings. The normalized spacial score (nSPS) is 19.0. The minimum atomic E-state index is 0. The average Bonchev–Trinajstić information content (AvgIpc) is 1.90. The maximum absolute atomic E-state index is 2.30. The summed E-state index contributed by atoms with van der Waals surface area (Å²) in [6.07, 6.45) is 11.5. The van der Waals surface area contributed by atoms with Crippen molar-refractivity contribution < 1.29 is 20.4 Å². The summed E-state index contributed by atoms with van der Waals surface area (Å²) in [5.74, 6) is 0. The van der Waals surface area contributed by atoms with E-state index in [9.17, 15) is 0 Å². The molecule has 1 heteroatoms. The fraction of sp³-hybridized carbons (Fsp3) is 0.714. The van der Waals surface area contributed by atoms with Crippen LogP contribution < -0.4 is 0 Å². The van der Waals surface area contributed by atoms with Gasteiger partial charge in [0.25, 0.3) is 0 Å². The number of allylic oxidation sites excluding steroid dienone is 2. The van der Waals surface area contributed by atoms with E-state index in [1.54, 1.807) is 0 Å². The molecule has 0 radical (unpaired) electrons. The first-order valence-corrected chi connectivity index (χ1v) is 3.15. The molecule has 0 aromatic rings. The Bertz CT molecular complexity index is 58.8. The van der Waals surface area contributed by atoms with Crippen LogP contribution in [-0.4, -0.2) is 0 Å². The van der Waals surface area contributed by atoms with E-state index in [0.717, 1.165) is 0 Å². The van der Waals surface area contributed by atoms with Gasteiger partial charge in [0.15, 0.2) is 0 Å². The third-order valence-electron chi connectivity index (χ3n) is 1.41. The molecule has 0 aromatic heterocycles. The monoisotopic (exact) mass is 202 g/mol. The Balaban J connectivity index is 0.000000490. The molecule has 1 rings (SSSR count). The molecule has 0 saturated heterocycles. The van der Waals surface area contributed by atoms with Crippen LogP contribution in [0.15, 0.2) is 12.2 Å². The van der Waals surface area contributed by atoms with Gasteiger partial charge in [-0.15, -0.1) is 0 Å². The van der Waals surface area contributed by atoms with E-state index in [1.807, 2.05) is 0 Å². The first-order valence-electron chi connectivity index (χ1n) is 3.15. The van der Waals surface area contributed by atoms with Crippen LogP contribution in [-0.2, 0) is 20.4 Å². The molecule has 0 nitrogen and oxygen atoms in total. The van der Waals surface area contributed by atoms with E-state index in [0.29, 0.717) is 0 Å². The minimum Gasteiger partial charge on any atom is -0.0885 e. The van der Waals surface area contributed by atoms with Crippen LogP contribution in [0.4, 0.5) is 0 Å². The Hall–Kier alpha value is 0.402. The van der Waals surface area contributed by atoms with E-state index in [2.05, 4.69) is 12.2 Å².